The highest BCUT2D eigenvalue weighted by atomic mass is 16.2. The monoisotopic (exact) mass is 352 g/mol. The van der Waals surface area contributed by atoms with Crippen LogP contribution in [-0.4, -0.2) is 18.2 Å². The van der Waals surface area contributed by atoms with Crippen molar-refractivity contribution >= 4 is 23.1 Å². The first-order valence-corrected chi connectivity index (χ1v) is 9.07. The minimum absolute atomic E-state index is 0.00513. The van der Waals surface area contributed by atoms with Crippen LogP contribution >= 0.6 is 0 Å². The third kappa shape index (κ3) is 4.94. The molecule has 0 aromatic heterocycles. The lowest BCUT2D eigenvalue weighted by atomic mass is 9.92. The number of benzene rings is 2. The molecule has 0 heterocycles. The van der Waals surface area contributed by atoms with Crippen LogP contribution < -0.4 is 10.6 Å². The summed E-state index contributed by atoms with van der Waals surface area (Å²) in [6.45, 7) is 10.2. The first-order valence-electron chi connectivity index (χ1n) is 9.07. The summed E-state index contributed by atoms with van der Waals surface area (Å²) < 4.78 is 0. The van der Waals surface area contributed by atoms with Crippen molar-refractivity contribution in [2.75, 3.05) is 17.2 Å². The van der Waals surface area contributed by atoms with Crippen molar-refractivity contribution in [1.29, 1.82) is 0 Å². The Hall–Kier alpha value is -2.62. The number of rotatable bonds is 7. The summed E-state index contributed by atoms with van der Waals surface area (Å²) in [6, 6.07) is 13.4. The molecule has 0 aliphatic carbocycles. The predicted molar refractivity (Wildman–Crippen MR) is 108 cm³/mol. The second kappa shape index (κ2) is 8.65. The number of carbonyl (C=O) groups excluding carboxylic acids is 2. The number of ketones is 1. The fourth-order valence-electron chi connectivity index (χ4n) is 2.91. The van der Waals surface area contributed by atoms with E-state index in [2.05, 4.69) is 50.5 Å². The van der Waals surface area contributed by atoms with Gasteiger partial charge in [-0.05, 0) is 42.0 Å². The molecule has 0 atom stereocenters. The summed E-state index contributed by atoms with van der Waals surface area (Å²) in [4.78, 5) is 24.0. The van der Waals surface area contributed by atoms with Gasteiger partial charge in [-0.1, -0.05) is 58.0 Å². The van der Waals surface area contributed by atoms with Gasteiger partial charge >= 0.3 is 0 Å². The van der Waals surface area contributed by atoms with Crippen LogP contribution in [0.3, 0.4) is 0 Å². The second-order valence-corrected chi connectivity index (χ2v) is 7.16. The van der Waals surface area contributed by atoms with Gasteiger partial charge in [0, 0.05) is 16.9 Å². The van der Waals surface area contributed by atoms with E-state index in [1.807, 2.05) is 18.2 Å². The Balaban J connectivity index is 2.13. The van der Waals surface area contributed by atoms with Crippen molar-refractivity contribution in [3.8, 4) is 0 Å². The van der Waals surface area contributed by atoms with Crippen LogP contribution in [-0.2, 0) is 4.79 Å². The van der Waals surface area contributed by atoms with E-state index in [0.717, 1.165) is 22.5 Å². The van der Waals surface area contributed by atoms with E-state index in [4.69, 9.17) is 0 Å². The molecule has 2 rings (SSSR count). The van der Waals surface area contributed by atoms with Gasteiger partial charge < -0.3 is 10.6 Å². The van der Waals surface area contributed by atoms with Gasteiger partial charge in [-0.2, -0.15) is 0 Å². The molecule has 0 fully saturated rings. The van der Waals surface area contributed by atoms with Gasteiger partial charge in [-0.3, -0.25) is 9.59 Å². The van der Waals surface area contributed by atoms with Gasteiger partial charge in [0.1, 0.15) is 0 Å². The zero-order chi connectivity index (χ0) is 19.3. The molecule has 2 aromatic rings. The third-order valence-electron chi connectivity index (χ3n) is 4.36. The van der Waals surface area contributed by atoms with E-state index >= 15 is 0 Å². The first-order chi connectivity index (χ1) is 12.3. The van der Waals surface area contributed by atoms with Crippen molar-refractivity contribution in [1.82, 2.24) is 0 Å². The van der Waals surface area contributed by atoms with Crippen molar-refractivity contribution in [3.05, 3.63) is 59.2 Å². The number of hydrogen-bond donors (Lipinski definition) is 2. The largest absolute Gasteiger partial charge is 0.376 e. The molecule has 0 aliphatic heterocycles. The number of hydrogen-bond acceptors (Lipinski definition) is 3. The molecule has 0 radical (unpaired) electrons. The maximum atomic E-state index is 12.5. The fraction of sp³-hybridized carbons (Fsp3) is 0.364. The van der Waals surface area contributed by atoms with Gasteiger partial charge in [0.15, 0.2) is 5.78 Å². The Labute approximate surface area is 156 Å². The van der Waals surface area contributed by atoms with Crippen molar-refractivity contribution < 1.29 is 9.59 Å². The Morgan fingerprint density at radius 1 is 0.923 bits per heavy atom. The SMILES string of the molecule is CC(=O)c1cccc(NCC(=O)Nc2c(C(C)C)cccc2C(C)C)c1. The van der Waals surface area contributed by atoms with E-state index in [9.17, 15) is 9.59 Å². The topological polar surface area (TPSA) is 58.2 Å². The van der Waals surface area contributed by atoms with Gasteiger partial charge in [0.2, 0.25) is 5.91 Å². The van der Waals surface area contributed by atoms with Gasteiger partial charge in [-0.25, -0.2) is 0 Å². The van der Waals surface area contributed by atoms with E-state index < -0.39 is 0 Å². The molecular weight excluding hydrogens is 324 g/mol. The maximum Gasteiger partial charge on any atom is 0.243 e. The predicted octanol–water partition coefficient (Wildman–Crippen LogP) is 5.19. The molecule has 0 aliphatic rings. The molecule has 0 spiro atoms. The van der Waals surface area contributed by atoms with Gasteiger partial charge in [-0.15, -0.1) is 0 Å². The van der Waals surface area contributed by atoms with Crippen molar-refractivity contribution in [3.63, 3.8) is 0 Å². The average molecular weight is 352 g/mol. The van der Waals surface area contributed by atoms with Gasteiger partial charge in [0.25, 0.3) is 0 Å². The highest BCUT2D eigenvalue weighted by Gasteiger charge is 2.15. The molecule has 0 unspecified atom stereocenters. The zero-order valence-corrected chi connectivity index (χ0v) is 16.2. The molecule has 2 aromatic carbocycles. The summed E-state index contributed by atoms with van der Waals surface area (Å²) in [5.74, 6) is 0.548. The molecule has 2 N–H and O–H groups in total. The van der Waals surface area contributed by atoms with Crippen molar-refractivity contribution in [2.45, 2.75) is 46.5 Å². The lowest BCUT2D eigenvalue weighted by Crippen LogP contribution is -2.23. The Morgan fingerprint density at radius 3 is 2.04 bits per heavy atom. The molecular formula is C22H28N2O2. The molecule has 138 valence electrons. The maximum absolute atomic E-state index is 12.5. The number of nitrogens with one attached hydrogen (secondary N) is 2. The lowest BCUT2D eigenvalue weighted by Gasteiger charge is -2.20. The minimum atomic E-state index is -0.103. The van der Waals surface area contributed by atoms with Crippen LogP contribution in [0.5, 0.6) is 0 Å². The molecule has 0 saturated heterocycles. The molecule has 0 saturated carbocycles. The van der Waals surface area contributed by atoms with Crippen molar-refractivity contribution in [2.24, 2.45) is 0 Å². The van der Waals surface area contributed by atoms with E-state index in [1.54, 1.807) is 12.1 Å². The Bertz CT molecular complexity index is 768. The van der Waals surface area contributed by atoms with E-state index in [-0.39, 0.29) is 18.2 Å². The van der Waals surface area contributed by atoms with Crippen LogP contribution in [0.1, 0.15) is 67.9 Å². The van der Waals surface area contributed by atoms with E-state index in [0.29, 0.717) is 17.4 Å². The van der Waals surface area contributed by atoms with Crippen LogP contribution in [0.4, 0.5) is 11.4 Å². The highest BCUT2D eigenvalue weighted by molar-refractivity contribution is 5.96. The number of anilines is 2. The lowest BCUT2D eigenvalue weighted by molar-refractivity contribution is -0.114. The van der Waals surface area contributed by atoms with Crippen LogP contribution in [0, 0.1) is 0 Å². The number of para-hydroxylation sites is 1. The van der Waals surface area contributed by atoms with Crippen LogP contribution in [0.25, 0.3) is 0 Å². The highest BCUT2D eigenvalue weighted by Crippen LogP contribution is 2.32. The number of Topliss-reactive ketones (excluding diaryl/α,β-unsaturated/α-hetero) is 1. The van der Waals surface area contributed by atoms with E-state index in [1.165, 1.54) is 6.92 Å². The quantitative estimate of drug-likeness (QED) is 0.675. The fourth-order valence-corrected chi connectivity index (χ4v) is 2.91. The van der Waals surface area contributed by atoms with Crippen LogP contribution in [0.15, 0.2) is 42.5 Å². The van der Waals surface area contributed by atoms with Gasteiger partial charge in [0.05, 0.1) is 6.54 Å². The number of amides is 1. The minimum Gasteiger partial charge on any atom is -0.376 e. The molecule has 26 heavy (non-hydrogen) atoms. The molecule has 4 heteroatoms. The normalized spacial score (nSPS) is 10.9. The Kier molecular flexibility index (Phi) is 6.56. The van der Waals surface area contributed by atoms with Crippen LogP contribution in [0.2, 0.25) is 0 Å². The summed E-state index contributed by atoms with van der Waals surface area (Å²) >= 11 is 0. The second-order valence-electron chi connectivity index (χ2n) is 7.16. The smallest absolute Gasteiger partial charge is 0.243 e. The molecule has 1 amide bonds. The zero-order valence-electron chi connectivity index (χ0n) is 16.2. The first kappa shape index (κ1) is 19.7. The standard InChI is InChI=1S/C22H28N2O2/c1-14(2)19-10-7-11-20(15(3)4)22(19)24-21(26)13-23-18-9-6-8-17(12-18)16(5)25/h6-12,14-15,23H,13H2,1-5H3,(H,24,26). The summed E-state index contributed by atoms with van der Waals surface area (Å²) in [5, 5.41) is 6.17. The number of carbonyl (C=O) groups is 2. The molecule has 4 nitrogen and oxygen atoms in total. The summed E-state index contributed by atoms with van der Waals surface area (Å²) in [7, 11) is 0. The summed E-state index contributed by atoms with van der Waals surface area (Å²) in [5.41, 5.74) is 4.59. The Morgan fingerprint density at radius 2 is 1.50 bits per heavy atom. The third-order valence-corrected chi connectivity index (χ3v) is 4.36. The average Bonchev–Trinajstić information content (AvgIpc) is 2.60. The summed E-state index contributed by atoms with van der Waals surface area (Å²) in [6.07, 6.45) is 0. The molecule has 0 bridgehead atoms.